The Labute approximate surface area is 161 Å². The van der Waals surface area contributed by atoms with E-state index in [1.165, 1.54) is 0 Å². The average molecular weight is 387 g/mol. The molecule has 6 heteroatoms. The van der Waals surface area contributed by atoms with Crippen molar-refractivity contribution < 1.29 is 13.2 Å². The maximum absolute atomic E-state index is 12.8. The topological polar surface area (TPSA) is 66.5 Å². The van der Waals surface area contributed by atoms with E-state index in [1.54, 1.807) is 34.6 Å². The van der Waals surface area contributed by atoms with Crippen LogP contribution in [0.5, 0.6) is 0 Å². The van der Waals surface area contributed by atoms with Gasteiger partial charge >= 0.3 is 0 Å². The second-order valence-corrected chi connectivity index (χ2v) is 9.32. The first-order valence-electron chi connectivity index (χ1n) is 9.26. The third-order valence-electron chi connectivity index (χ3n) is 5.12. The van der Waals surface area contributed by atoms with Crippen LogP contribution in [0.1, 0.15) is 41.3 Å². The zero-order valence-electron chi connectivity index (χ0n) is 16.0. The molecule has 1 N–H and O–H groups in total. The van der Waals surface area contributed by atoms with Gasteiger partial charge in [0, 0.05) is 24.3 Å². The van der Waals surface area contributed by atoms with Crippen LogP contribution in [0.15, 0.2) is 47.4 Å². The molecule has 2 aromatic rings. The lowest BCUT2D eigenvalue weighted by Crippen LogP contribution is -2.37. The van der Waals surface area contributed by atoms with Crippen LogP contribution in [0.3, 0.4) is 0 Å². The second-order valence-electron chi connectivity index (χ2n) is 7.38. The third-order valence-corrected chi connectivity index (χ3v) is 7.03. The van der Waals surface area contributed by atoms with Gasteiger partial charge in [0.25, 0.3) is 5.91 Å². The summed E-state index contributed by atoms with van der Waals surface area (Å²) in [5.41, 5.74) is 3.20. The Hall–Kier alpha value is -2.18. The van der Waals surface area contributed by atoms with Gasteiger partial charge in [-0.05, 0) is 68.5 Å². The van der Waals surface area contributed by atoms with Crippen molar-refractivity contribution in [1.29, 1.82) is 0 Å². The van der Waals surface area contributed by atoms with Gasteiger partial charge < -0.3 is 5.32 Å². The van der Waals surface area contributed by atoms with Crippen molar-refractivity contribution in [3.8, 4) is 0 Å². The number of nitrogens with zero attached hydrogens (tertiary/aromatic N) is 1. The number of amides is 1. The summed E-state index contributed by atoms with van der Waals surface area (Å²) in [5.74, 6) is 0.368. The van der Waals surface area contributed by atoms with Crippen molar-refractivity contribution in [2.75, 3.05) is 18.4 Å². The molecule has 1 fully saturated rings. The Kier molecular flexibility index (Phi) is 5.67. The summed E-state index contributed by atoms with van der Waals surface area (Å²) >= 11 is 0. The maximum atomic E-state index is 12.8. The summed E-state index contributed by atoms with van der Waals surface area (Å²) in [6.07, 6.45) is 1.78. The number of sulfonamides is 1. The average Bonchev–Trinajstić information content (AvgIpc) is 2.62. The molecule has 0 unspecified atom stereocenters. The number of rotatable bonds is 4. The molecule has 1 amide bonds. The number of benzene rings is 2. The smallest absolute Gasteiger partial charge is 0.255 e. The zero-order valence-corrected chi connectivity index (χ0v) is 16.8. The van der Waals surface area contributed by atoms with Gasteiger partial charge in [-0.1, -0.05) is 24.6 Å². The first-order valence-corrected chi connectivity index (χ1v) is 10.7. The Bertz CT molecular complexity index is 928. The van der Waals surface area contributed by atoms with E-state index < -0.39 is 10.0 Å². The number of anilines is 1. The monoisotopic (exact) mass is 386 g/mol. The van der Waals surface area contributed by atoms with Crippen LogP contribution in [0.2, 0.25) is 0 Å². The van der Waals surface area contributed by atoms with E-state index in [2.05, 4.69) is 12.2 Å². The van der Waals surface area contributed by atoms with Crippen molar-refractivity contribution >= 4 is 21.6 Å². The number of hydrogen-bond acceptors (Lipinski definition) is 3. The molecule has 0 saturated carbocycles. The van der Waals surface area contributed by atoms with Crippen LogP contribution in [0.4, 0.5) is 5.69 Å². The van der Waals surface area contributed by atoms with Gasteiger partial charge in [-0.25, -0.2) is 8.42 Å². The van der Waals surface area contributed by atoms with Crippen LogP contribution < -0.4 is 5.32 Å². The molecule has 27 heavy (non-hydrogen) atoms. The largest absolute Gasteiger partial charge is 0.322 e. The van der Waals surface area contributed by atoms with Crippen LogP contribution in [0, 0.1) is 19.8 Å². The van der Waals surface area contributed by atoms with Gasteiger partial charge in [0.15, 0.2) is 0 Å². The molecule has 0 radical (unpaired) electrons. The molecule has 1 heterocycles. The molecule has 1 aliphatic heterocycles. The van der Waals surface area contributed by atoms with Gasteiger partial charge in [0.05, 0.1) is 4.90 Å². The molecule has 3 rings (SSSR count). The fraction of sp³-hybridized carbons (Fsp3) is 0.381. The minimum atomic E-state index is -3.47. The van der Waals surface area contributed by atoms with Gasteiger partial charge in [-0.2, -0.15) is 4.31 Å². The molecule has 0 aromatic heterocycles. The number of hydrogen-bond donors (Lipinski definition) is 1. The summed E-state index contributed by atoms with van der Waals surface area (Å²) in [7, 11) is -3.47. The lowest BCUT2D eigenvalue weighted by molar-refractivity contribution is 0.102. The number of piperidine rings is 1. The summed E-state index contributed by atoms with van der Waals surface area (Å²) in [6.45, 7) is 7.16. The molecule has 1 aliphatic rings. The highest BCUT2D eigenvalue weighted by molar-refractivity contribution is 7.89. The van der Waals surface area contributed by atoms with E-state index in [9.17, 15) is 13.2 Å². The number of carbonyl (C=O) groups is 1. The predicted octanol–water partition coefficient (Wildman–Crippen LogP) is 3.98. The van der Waals surface area contributed by atoms with Crippen LogP contribution >= 0.6 is 0 Å². The van der Waals surface area contributed by atoms with E-state index in [1.807, 2.05) is 26.0 Å². The number of nitrogens with one attached hydrogen (secondary N) is 1. The SMILES string of the molecule is Cc1ccc(C(=O)Nc2ccc(S(=O)(=O)N3CCC(C)CC3)cc2)c(C)c1. The Morgan fingerprint density at radius 2 is 1.67 bits per heavy atom. The molecule has 0 aliphatic carbocycles. The van der Waals surface area contributed by atoms with Gasteiger partial charge in [-0.3, -0.25) is 4.79 Å². The first kappa shape index (κ1) is 19.6. The van der Waals surface area contributed by atoms with E-state index in [-0.39, 0.29) is 10.8 Å². The van der Waals surface area contributed by atoms with Crippen LogP contribution in [0.25, 0.3) is 0 Å². The summed E-state index contributed by atoms with van der Waals surface area (Å²) in [5, 5.41) is 2.84. The summed E-state index contributed by atoms with van der Waals surface area (Å²) in [6, 6.07) is 12.1. The molecule has 5 nitrogen and oxygen atoms in total. The normalized spacial score (nSPS) is 16.3. The molecular formula is C21H26N2O3S. The van der Waals surface area contributed by atoms with Crippen molar-refractivity contribution in [1.82, 2.24) is 4.31 Å². The fourth-order valence-electron chi connectivity index (χ4n) is 3.35. The minimum absolute atomic E-state index is 0.201. The summed E-state index contributed by atoms with van der Waals surface area (Å²) < 4.78 is 27.1. The number of aryl methyl sites for hydroxylation is 2. The second kappa shape index (κ2) is 7.82. The molecule has 2 aromatic carbocycles. The number of carbonyl (C=O) groups excluding carboxylic acids is 1. The van der Waals surface area contributed by atoms with Crippen LogP contribution in [-0.2, 0) is 10.0 Å². The highest BCUT2D eigenvalue weighted by Crippen LogP contribution is 2.24. The minimum Gasteiger partial charge on any atom is -0.322 e. The first-order chi connectivity index (χ1) is 12.8. The van der Waals surface area contributed by atoms with Gasteiger partial charge in [-0.15, -0.1) is 0 Å². The van der Waals surface area contributed by atoms with Gasteiger partial charge in [0.1, 0.15) is 0 Å². The van der Waals surface area contributed by atoms with Crippen molar-refractivity contribution in [3.05, 3.63) is 59.2 Å². The quantitative estimate of drug-likeness (QED) is 0.864. The molecule has 1 saturated heterocycles. The highest BCUT2D eigenvalue weighted by Gasteiger charge is 2.27. The Morgan fingerprint density at radius 1 is 1.04 bits per heavy atom. The van der Waals surface area contributed by atoms with Gasteiger partial charge in [0.2, 0.25) is 10.0 Å². The van der Waals surface area contributed by atoms with E-state index >= 15 is 0 Å². The van der Waals surface area contributed by atoms with Crippen LogP contribution in [-0.4, -0.2) is 31.7 Å². The van der Waals surface area contributed by atoms with Crippen molar-refractivity contribution in [2.24, 2.45) is 5.92 Å². The molecule has 0 atom stereocenters. The molecule has 0 bridgehead atoms. The third kappa shape index (κ3) is 4.39. The zero-order chi connectivity index (χ0) is 19.6. The predicted molar refractivity (Wildman–Crippen MR) is 107 cm³/mol. The van der Waals surface area contributed by atoms with E-state index in [0.29, 0.717) is 30.3 Å². The molecule has 0 spiro atoms. The Balaban J connectivity index is 1.72. The standard InChI is InChI=1S/C21H26N2O3S/c1-15-10-12-23(13-11-15)27(25,26)19-7-5-18(6-8-19)22-21(24)20-9-4-16(2)14-17(20)3/h4-9,14-15H,10-13H2,1-3H3,(H,22,24). The van der Waals surface area contributed by atoms with E-state index in [0.717, 1.165) is 24.0 Å². The lowest BCUT2D eigenvalue weighted by atomic mass is 10.0. The van der Waals surface area contributed by atoms with E-state index in [4.69, 9.17) is 0 Å². The Morgan fingerprint density at radius 3 is 2.26 bits per heavy atom. The van der Waals surface area contributed by atoms with Crippen molar-refractivity contribution in [3.63, 3.8) is 0 Å². The summed E-state index contributed by atoms with van der Waals surface area (Å²) in [4.78, 5) is 12.7. The lowest BCUT2D eigenvalue weighted by Gasteiger charge is -2.29. The fourth-order valence-corrected chi connectivity index (χ4v) is 4.82. The maximum Gasteiger partial charge on any atom is 0.255 e. The molecular weight excluding hydrogens is 360 g/mol. The van der Waals surface area contributed by atoms with Crippen molar-refractivity contribution in [2.45, 2.75) is 38.5 Å². The molecule has 144 valence electrons. The highest BCUT2D eigenvalue weighted by atomic mass is 32.2.